The van der Waals surface area contributed by atoms with Crippen molar-refractivity contribution in [3.8, 4) is 5.75 Å². The number of rotatable bonds is 4. The first-order chi connectivity index (χ1) is 13.4. The zero-order valence-electron chi connectivity index (χ0n) is 14.3. The van der Waals surface area contributed by atoms with E-state index in [2.05, 4.69) is 9.71 Å². The Balaban J connectivity index is 1.63. The van der Waals surface area contributed by atoms with Crippen molar-refractivity contribution in [3.05, 3.63) is 59.6 Å². The quantitative estimate of drug-likeness (QED) is 0.651. The number of hydrogen-bond donors (Lipinski definition) is 1. The van der Waals surface area contributed by atoms with Gasteiger partial charge in [-0.15, -0.1) is 11.3 Å². The molecule has 0 spiro atoms. The van der Waals surface area contributed by atoms with E-state index in [1.54, 1.807) is 40.7 Å². The second-order valence-electron chi connectivity index (χ2n) is 5.89. The molecule has 0 saturated heterocycles. The molecule has 0 aliphatic carbocycles. The molecule has 1 atom stereocenters. The molecule has 2 heterocycles. The van der Waals surface area contributed by atoms with Gasteiger partial charge in [-0.3, -0.25) is 4.72 Å². The SMILES string of the molecule is O=S(Nc1nccs1)c1ccc2c(c1)OCCN2c1cccc(C(F)(F)F)c1. The molecule has 3 aromatic rings. The number of aromatic nitrogens is 1. The van der Waals surface area contributed by atoms with Crippen molar-refractivity contribution < 1.29 is 22.1 Å². The van der Waals surface area contributed by atoms with Gasteiger partial charge in [0, 0.05) is 23.3 Å². The summed E-state index contributed by atoms with van der Waals surface area (Å²) < 4.78 is 60.1. The van der Waals surface area contributed by atoms with Gasteiger partial charge in [0.15, 0.2) is 16.1 Å². The molecule has 28 heavy (non-hydrogen) atoms. The van der Waals surface area contributed by atoms with Gasteiger partial charge >= 0.3 is 6.18 Å². The smallest absolute Gasteiger partial charge is 0.416 e. The molecular formula is C18H14F3N3O2S2. The number of thiazole rings is 1. The lowest BCUT2D eigenvalue weighted by Gasteiger charge is -2.32. The first-order valence-electron chi connectivity index (χ1n) is 8.21. The highest BCUT2D eigenvalue weighted by atomic mass is 32.2. The molecule has 0 radical (unpaired) electrons. The molecule has 1 N–H and O–H groups in total. The van der Waals surface area contributed by atoms with Crippen molar-refractivity contribution in [1.82, 2.24) is 4.98 Å². The van der Waals surface area contributed by atoms with E-state index in [1.807, 2.05) is 0 Å². The van der Waals surface area contributed by atoms with Crippen LogP contribution in [0.1, 0.15) is 5.56 Å². The van der Waals surface area contributed by atoms with E-state index in [-0.39, 0.29) is 0 Å². The Morgan fingerprint density at radius 1 is 1.21 bits per heavy atom. The zero-order chi connectivity index (χ0) is 19.7. The van der Waals surface area contributed by atoms with Gasteiger partial charge in [-0.05, 0) is 30.3 Å². The fourth-order valence-corrected chi connectivity index (χ4v) is 4.37. The Labute approximate surface area is 165 Å². The van der Waals surface area contributed by atoms with Crippen LogP contribution in [-0.2, 0) is 17.2 Å². The Morgan fingerprint density at radius 2 is 2.07 bits per heavy atom. The number of ether oxygens (including phenoxy) is 1. The van der Waals surface area contributed by atoms with E-state index < -0.39 is 22.7 Å². The lowest BCUT2D eigenvalue weighted by Crippen LogP contribution is -2.29. The molecule has 0 saturated carbocycles. The standard InChI is InChI=1S/C18H14F3N3O2S2/c19-18(20,21)12-2-1-3-13(10-12)24-7-8-26-16-11-14(4-5-15(16)24)28(25)23-17-22-6-9-27-17/h1-6,9-11H,7-8H2,(H,22,23). The van der Waals surface area contributed by atoms with Crippen molar-refractivity contribution in [1.29, 1.82) is 0 Å². The summed E-state index contributed by atoms with van der Waals surface area (Å²) in [4.78, 5) is 6.28. The third kappa shape index (κ3) is 3.83. The van der Waals surface area contributed by atoms with Crippen LogP contribution in [0, 0.1) is 0 Å². The van der Waals surface area contributed by atoms with Crippen LogP contribution >= 0.6 is 11.3 Å². The average Bonchev–Trinajstić information content (AvgIpc) is 3.19. The summed E-state index contributed by atoms with van der Waals surface area (Å²) in [6.07, 6.45) is -2.81. The summed E-state index contributed by atoms with van der Waals surface area (Å²) in [6.45, 7) is 0.716. The van der Waals surface area contributed by atoms with Gasteiger partial charge in [0.1, 0.15) is 12.4 Å². The van der Waals surface area contributed by atoms with Crippen molar-refractivity contribution >= 4 is 38.8 Å². The van der Waals surface area contributed by atoms with E-state index in [1.165, 1.54) is 17.4 Å². The minimum Gasteiger partial charge on any atom is -0.489 e. The maximum atomic E-state index is 13.0. The van der Waals surface area contributed by atoms with Gasteiger partial charge in [0.05, 0.1) is 22.7 Å². The van der Waals surface area contributed by atoms with Crippen molar-refractivity contribution in [2.24, 2.45) is 0 Å². The number of benzene rings is 2. The first-order valence-corrected chi connectivity index (χ1v) is 10.2. The van der Waals surface area contributed by atoms with Crippen molar-refractivity contribution in [2.75, 3.05) is 22.8 Å². The van der Waals surface area contributed by atoms with E-state index in [0.717, 1.165) is 12.1 Å². The minimum absolute atomic E-state index is 0.305. The molecule has 10 heteroatoms. The second-order valence-corrected chi connectivity index (χ2v) is 7.99. The van der Waals surface area contributed by atoms with Gasteiger partial charge in [-0.2, -0.15) is 13.2 Å². The fourth-order valence-electron chi connectivity index (χ4n) is 2.85. The summed E-state index contributed by atoms with van der Waals surface area (Å²) in [7, 11) is -1.53. The Kier molecular flexibility index (Phi) is 4.98. The topological polar surface area (TPSA) is 54.5 Å². The number of anilines is 3. The highest BCUT2D eigenvalue weighted by Crippen LogP contribution is 2.39. The third-order valence-electron chi connectivity index (χ3n) is 4.11. The number of alkyl halides is 3. The van der Waals surface area contributed by atoms with Crippen molar-refractivity contribution in [3.63, 3.8) is 0 Å². The van der Waals surface area contributed by atoms with E-state index >= 15 is 0 Å². The molecule has 5 nitrogen and oxygen atoms in total. The maximum absolute atomic E-state index is 13.0. The number of fused-ring (bicyclic) bond motifs is 1. The average molecular weight is 425 g/mol. The van der Waals surface area contributed by atoms with Gasteiger partial charge < -0.3 is 9.64 Å². The van der Waals surface area contributed by atoms with Gasteiger partial charge in [-0.1, -0.05) is 6.07 Å². The zero-order valence-corrected chi connectivity index (χ0v) is 15.9. The van der Waals surface area contributed by atoms with E-state index in [0.29, 0.717) is 40.3 Å². The predicted octanol–water partition coefficient (Wildman–Crippen LogP) is 4.83. The van der Waals surface area contributed by atoms with Gasteiger partial charge in [-0.25, -0.2) is 9.19 Å². The summed E-state index contributed by atoms with van der Waals surface area (Å²) in [5.41, 5.74) is 0.346. The molecule has 4 rings (SSSR count). The van der Waals surface area contributed by atoms with Crippen LogP contribution in [-0.4, -0.2) is 22.3 Å². The van der Waals surface area contributed by atoms with Gasteiger partial charge in [0.25, 0.3) is 0 Å². The molecule has 1 aromatic heterocycles. The van der Waals surface area contributed by atoms with Crippen LogP contribution in [0.25, 0.3) is 0 Å². The number of nitrogens with zero attached hydrogens (tertiary/aromatic N) is 2. The molecule has 0 amide bonds. The second kappa shape index (κ2) is 7.44. The molecular weight excluding hydrogens is 411 g/mol. The van der Waals surface area contributed by atoms with Crippen LogP contribution in [0.2, 0.25) is 0 Å². The van der Waals surface area contributed by atoms with E-state index in [9.17, 15) is 17.4 Å². The Bertz CT molecular complexity index is 1010. The summed E-state index contributed by atoms with van der Waals surface area (Å²) in [5, 5.41) is 2.30. The van der Waals surface area contributed by atoms with Crippen LogP contribution in [0.5, 0.6) is 5.75 Å². The molecule has 1 aliphatic rings. The van der Waals surface area contributed by atoms with Gasteiger partial charge in [0.2, 0.25) is 0 Å². The molecule has 1 aliphatic heterocycles. The summed E-state index contributed by atoms with van der Waals surface area (Å²) in [5.74, 6) is 0.468. The van der Waals surface area contributed by atoms with Crippen LogP contribution < -0.4 is 14.4 Å². The van der Waals surface area contributed by atoms with Crippen LogP contribution in [0.4, 0.5) is 29.7 Å². The molecule has 1 unspecified atom stereocenters. The molecule has 2 aromatic carbocycles. The molecule has 0 fully saturated rings. The summed E-state index contributed by atoms with van der Waals surface area (Å²) in [6, 6.07) is 10.2. The predicted molar refractivity (Wildman–Crippen MR) is 103 cm³/mol. The van der Waals surface area contributed by atoms with Crippen LogP contribution in [0.15, 0.2) is 58.9 Å². The number of nitrogens with one attached hydrogen (secondary N) is 1. The third-order valence-corrected chi connectivity index (χ3v) is 5.98. The maximum Gasteiger partial charge on any atom is 0.416 e. The number of hydrogen-bond acceptors (Lipinski definition) is 5. The number of halogens is 3. The summed E-state index contributed by atoms with van der Waals surface area (Å²) >= 11 is 1.33. The lowest BCUT2D eigenvalue weighted by molar-refractivity contribution is -0.137. The Morgan fingerprint density at radius 3 is 2.82 bits per heavy atom. The minimum atomic E-state index is -4.41. The van der Waals surface area contributed by atoms with Crippen molar-refractivity contribution in [2.45, 2.75) is 11.1 Å². The molecule has 0 bridgehead atoms. The normalized spacial score (nSPS) is 14.9. The van der Waals surface area contributed by atoms with E-state index in [4.69, 9.17) is 4.74 Å². The largest absolute Gasteiger partial charge is 0.489 e. The lowest BCUT2D eigenvalue weighted by atomic mass is 10.1. The first kappa shape index (κ1) is 18.8. The monoisotopic (exact) mass is 425 g/mol. The highest BCUT2D eigenvalue weighted by molar-refractivity contribution is 7.86. The highest BCUT2D eigenvalue weighted by Gasteiger charge is 2.31. The Hall–Kier alpha value is -2.59. The molecule has 146 valence electrons. The fraction of sp³-hybridized carbons (Fsp3) is 0.167. The van der Waals surface area contributed by atoms with Crippen LogP contribution in [0.3, 0.4) is 0 Å².